The van der Waals surface area contributed by atoms with E-state index >= 15 is 0 Å². The van der Waals surface area contributed by atoms with E-state index in [2.05, 4.69) is 26.6 Å². The van der Waals surface area contributed by atoms with Gasteiger partial charge in [-0.3, -0.25) is 14.4 Å². The Morgan fingerprint density at radius 2 is 1.76 bits per heavy atom. The third-order valence-electron chi connectivity index (χ3n) is 3.87. The van der Waals surface area contributed by atoms with Gasteiger partial charge >= 0.3 is 12.0 Å². The molecular weight excluding hydrogens is 389 g/mol. The fourth-order valence-electron chi connectivity index (χ4n) is 2.39. The molecule has 0 aromatic carbocycles. The minimum absolute atomic E-state index is 0.0456. The normalized spacial score (nSPS) is 17.9. The highest BCUT2D eigenvalue weighted by Gasteiger charge is 2.26. The molecule has 1 rings (SSSR count). The van der Waals surface area contributed by atoms with E-state index in [0.717, 1.165) is 6.20 Å². The molecule has 0 saturated heterocycles. The summed E-state index contributed by atoms with van der Waals surface area (Å²) < 4.78 is 13.5. The van der Waals surface area contributed by atoms with Gasteiger partial charge in [0, 0.05) is 19.0 Å². The van der Waals surface area contributed by atoms with Crippen LogP contribution in [0.15, 0.2) is 12.0 Å². The summed E-state index contributed by atoms with van der Waals surface area (Å²) in [6.07, 6.45) is -0.876. The van der Waals surface area contributed by atoms with Crippen LogP contribution in [0.5, 0.6) is 0 Å². The number of carboxylic acid groups (broad SMARTS) is 1. The van der Waals surface area contributed by atoms with E-state index < -0.39 is 53.8 Å². The van der Waals surface area contributed by atoms with Crippen molar-refractivity contribution in [1.82, 2.24) is 26.6 Å². The maximum Gasteiger partial charge on any atom is 0.326 e. The van der Waals surface area contributed by atoms with Crippen molar-refractivity contribution in [3.05, 3.63) is 12.0 Å². The first kappa shape index (κ1) is 23.9. The van der Waals surface area contributed by atoms with Gasteiger partial charge in [-0.2, -0.15) is 0 Å². The Hall–Kier alpha value is -3.18. The standard InChI is InChI=1S/C17H26FN5O6/c1-8(2)6-11(16(27)28)21-15(26)9(3)20-12(24)4-5-13(25)22-14-10(18)7-19-17(29)23-14/h7-9,11,14H,4-6H2,1-3H3,(H,20,24)(H,21,26)(H,22,25)(H,27,28)(H2,19,23,29)/t9-,11-,14?/m0/s1. The second-order valence-electron chi connectivity index (χ2n) is 6.97. The zero-order valence-electron chi connectivity index (χ0n) is 16.4. The fraction of sp³-hybridized carbons (Fsp3) is 0.588. The Bertz CT molecular complexity index is 696. The van der Waals surface area contributed by atoms with E-state index in [1.807, 2.05) is 13.8 Å². The van der Waals surface area contributed by atoms with Crippen molar-refractivity contribution < 1.29 is 33.5 Å². The van der Waals surface area contributed by atoms with Crippen molar-refractivity contribution in [1.29, 1.82) is 0 Å². The number of hydrogen-bond donors (Lipinski definition) is 6. The lowest BCUT2D eigenvalue weighted by atomic mass is 10.0. The van der Waals surface area contributed by atoms with E-state index in [-0.39, 0.29) is 25.2 Å². The van der Waals surface area contributed by atoms with Crippen LogP contribution in [0.2, 0.25) is 0 Å². The Labute approximate surface area is 166 Å². The minimum Gasteiger partial charge on any atom is -0.480 e. The first-order valence-electron chi connectivity index (χ1n) is 9.04. The average Bonchev–Trinajstić information content (AvgIpc) is 2.61. The van der Waals surface area contributed by atoms with Crippen molar-refractivity contribution in [2.45, 2.75) is 58.3 Å². The van der Waals surface area contributed by atoms with Gasteiger partial charge in [-0.15, -0.1) is 0 Å². The van der Waals surface area contributed by atoms with Crippen LogP contribution in [0, 0.1) is 5.92 Å². The van der Waals surface area contributed by atoms with Gasteiger partial charge in [-0.1, -0.05) is 13.8 Å². The maximum atomic E-state index is 13.5. The molecule has 1 heterocycles. The fourth-order valence-corrected chi connectivity index (χ4v) is 2.39. The Balaban J connectivity index is 2.42. The third kappa shape index (κ3) is 8.58. The van der Waals surface area contributed by atoms with Gasteiger partial charge in [0.2, 0.25) is 17.7 Å². The van der Waals surface area contributed by atoms with Gasteiger partial charge in [-0.25, -0.2) is 14.0 Å². The van der Waals surface area contributed by atoms with Crippen LogP contribution in [0.1, 0.15) is 40.0 Å². The summed E-state index contributed by atoms with van der Waals surface area (Å²) in [5, 5.41) is 20.3. The highest BCUT2D eigenvalue weighted by Crippen LogP contribution is 2.06. The van der Waals surface area contributed by atoms with Gasteiger partial charge in [0.25, 0.3) is 0 Å². The van der Waals surface area contributed by atoms with Crippen LogP contribution in [0.4, 0.5) is 9.18 Å². The molecule has 0 fully saturated rings. The molecule has 1 aliphatic rings. The largest absolute Gasteiger partial charge is 0.480 e. The second kappa shape index (κ2) is 11.0. The molecule has 3 atom stereocenters. The molecule has 1 aliphatic heterocycles. The Morgan fingerprint density at radius 3 is 2.34 bits per heavy atom. The molecule has 0 saturated carbocycles. The molecule has 0 radical (unpaired) electrons. The molecule has 0 aliphatic carbocycles. The predicted octanol–water partition coefficient (Wildman–Crippen LogP) is -0.547. The first-order valence-corrected chi connectivity index (χ1v) is 9.04. The Morgan fingerprint density at radius 1 is 1.14 bits per heavy atom. The molecule has 162 valence electrons. The monoisotopic (exact) mass is 415 g/mol. The molecule has 0 aromatic heterocycles. The molecule has 0 aromatic rings. The quantitative estimate of drug-likeness (QED) is 0.280. The van der Waals surface area contributed by atoms with Crippen molar-refractivity contribution in [3.63, 3.8) is 0 Å². The van der Waals surface area contributed by atoms with E-state index in [4.69, 9.17) is 5.11 Å². The van der Waals surface area contributed by atoms with Crippen molar-refractivity contribution in [2.24, 2.45) is 5.92 Å². The number of rotatable bonds is 10. The molecule has 6 N–H and O–H groups in total. The highest BCUT2D eigenvalue weighted by molar-refractivity contribution is 5.91. The number of carbonyl (C=O) groups excluding carboxylic acids is 4. The van der Waals surface area contributed by atoms with Gasteiger partial charge in [0.05, 0.1) is 0 Å². The Kier molecular flexibility index (Phi) is 9.03. The molecular formula is C17H26FN5O6. The van der Waals surface area contributed by atoms with E-state index in [0.29, 0.717) is 0 Å². The number of amides is 5. The lowest BCUT2D eigenvalue weighted by Gasteiger charge is -2.22. The first-order chi connectivity index (χ1) is 13.5. The smallest absolute Gasteiger partial charge is 0.326 e. The highest BCUT2D eigenvalue weighted by atomic mass is 19.1. The van der Waals surface area contributed by atoms with Crippen molar-refractivity contribution >= 4 is 29.7 Å². The van der Waals surface area contributed by atoms with Crippen LogP contribution in [0.25, 0.3) is 0 Å². The second-order valence-corrected chi connectivity index (χ2v) is 6.97. The summed E-state index contributed by atoms with van der Waals surface area (Å²) in [5.74, 6) is -3.90. The lowest BCUT2D eigenvalue weighted by Crippen LogP contribution is -2.54. The topological polar surface area (TPSA) is 166 Å². The molecule has 5 amide bonds. The lowest BCUT2D eigenvalue weighted by molar-refractivity contribution is -0.142. The molecule has 29 heavy (non-hydrogen) atoms. The zero-order valence-corrected chi connectivity index (χ0v) is 16.4. The van der Waals surface area contributed by atoms with Crippen LogP contribution in [-0.4, -0.2) is 53.1 Å². The SMILES string of the molecule is CC(C)C[C@H](NC(=O)[C@H](C)NC(=O)CCC(=O)NC1NC(=O)NC=C1F)C(=O)O. The number of halogens is 1. The summed E-state index contributed by atoms with van der Waals surface area (Å²) in [5.41, 5.74) is 0. The molecule has 0 spiro atoms. The van der Waals surface area contributed by atoms with Crippen LogP contribution < -0.4 is 26.6 Å². The number of carbonyl (C=O) groups is 5. The van der Waals surface area contributed by atoms with Crippen LogP contribution in [0.3, 0.4) is 0 Å². The number of aliphatic carboxylic acids is 1. The van der Waals surface area contributed by atoms with Gasteiger partial charge in [-0.05, 0) is 19.3 Å². The molecule has 1 unspecified atom stereocenters. The average molecular weight is 415 g/mol. The van der Waals surface area contributed by atoms with E-state index in [9.17, 15) is 28.4 Å². The van der Waals surface area contributed by atoms with E-state index in [1.165, 1.54) is 6.92 Å². The number of carboxylic acids is 1. The van der Waals surface area contributed by atoms with Crippen molar-refractivity contribution in [3.8, 4) is 0 Å². The summed E-state index contributed by atoms with van der Waals surface area (Å²) >= 11 is 0. The minimum atomic E-state index is -1.32. The summed E-state index contributed by atoms with van der Waals surface area (Å²) in [4.78, 5) is 58.1. The third-order valence-corrected chi connectivity index (χ3v) is 3.87. The van der Waals surface area contributed by atoms with Crippen molar-refractivity contribution in [2.75, 3.05) is 0 Å². The van der Waals surface area contributed by atoms with Crippen LogP contribution >= 0.6 is 0 Å². The molecule has 11 nitrogen and oxygen atoms in total. The molecule has 0 bridgehead atoms. The molecule has 12 heteroatoms. The summed E-state index contributed by atoms with van der Waals surface area (Å²) in [7, 11) is 0. The summed E-state index contributed by atoms with van der Waals surface area (Å²) in [6.45, 7) is 5.01. The zero-order chi connectivity index (χ0) is 22.1. The number of nitrogens with one attached hydrogen (secondary N) is 5. The van der Waals surface area contributed by atoms with Gasteiger partial charge in [0.15, 0.2) is 12.0 Å². The summed E-state index contributed by atoms with van der Waals surface area (Å²) in [6, 6.07) is -2.77. The predicted molar refractivity (Wildman–Crippen MR) is 98.6 cm³/mol. The van der Waals surface area contributed by atoms with Gasteiger partial charge in [0.1, 0.15) is 12.1 Å². The number of urea groups is 1. The van der Waals surface area contributed by atoms with Gasteiger partial charge < -0.3 is 31.7 Å². The maximum absolute atomic E-state index is 13.5. The number of hydrogen-bond acceptors (Lipinski definition) is 5. The van der Waals surface area contributed by atoms with E-state index in [1.54, 1.807) is 0 Å². The van der Waals surface area contributed by atoms with Crippen LogP contribution in [-0.2, 0) is 19.2 Å².